The van der Waals surface area contributed by atoms with Crippen LogP contribution in [0.5, 0.6) is 0 Å². The van der Waals surface area contributed by atoms with Crippen molar-refractivity contribution in [1.82, 2.24) is 10.6 Å². The minimum Gasteiger partial charge on any atom is -0.453 e. The van der Waals surface area contributed by atoms with E-state index in [1.165, 1.54) is 7.11 Å². The minimum absolute atomic E-state index is 0.0350. The molecule has 0 radical (unpaired) electrons. The monoisotopic (exact) mass is 174 g/mol. The van der Waals surface area contributed by atoms with Gasteiger partial charge in [0.25, 0.3) is 0 Å². The van der Waals surface area contributed by atoms with Crippen molar-refractivity contribution in [2.45, 2.75) is 13.3 Å². The van der Waals surface area contributed by atoms with Crippen molar-refractivity contribution in [3.8, 4) is 0 Å². The predicted octanol–water partition coefficient (Wildman–Crippen LogP) is -0.131. The summed E-state index contributed by atoms with van der Waals surface area (Å²) < 4.78 is 4.28. The molecule has 0 aliphatic rings. The summed E-state index contributed by atoms with van der Waals surface area (Å²) in [6.07, 6.45) is 0.283. The molecule has 0 aliphatic heterocycles. The maximum atomic E-state index is 10.8. The molecule has 0 spiro atoms. The van der Waals surface area contributed by atoms with E-state index in [0.29, 0.717) is 6.54 Å². The highest BCUT2D eigenvalue weighted by Gasteiger charge is 2.02. The van der Waals surface area contributed by atoms with E-state index in [-0.39, 0.29) is 12.5 Å². The second-order valence-corrected chi connectivity index (χ2v) is 2.20. The molecule has 0 aromatic carbocycles. The van der Waals surface area contributed by atoms with E-state index in [4.69, 9.17) is 0 Å². The third-order valence-electron chi connectivity index (χ3n) is 1.15. The maximum absolute atomic E-state index is 10.8. The van der Waals surface area contributed by atoms with Gasteiger partial charge in [0.1, 0.15) is 0 Å². The van der Waals surface area contributed by atoms with Crippen molar-refractivity contribution >= 4 is 12.0 Å². The number of hydrogen-bond donors (Lipinski definition) is 2. The van der Waals surface area contributed by atoms with Crippen LogP contribution in [0.4, 0.5) is 4.79 Å². The molecule has 0 fully saturated rings. The molecule has 0 unspecified atom stereocenters. The summed E-state index contributed by atoms with van der Waals surface area (Å²) in [7, 11) is 1.25. The molecule has 2 amide bonds. The lowest BCUT2D eigenvalue weighted by molar-refractivity contribution is -0.120. The van der Waals surface area contributed by atoms with Gasteiger partial charge in [0.2, 0.25) is 5.91 Å². The first-order chi connectivity index (χ1) is 5.70. The molecule has 5 nitrogen and oxygen atoms in total. The summed E-state index contributed by atoms with van der Waals surface area (Å²) in [4.78, 5) is 21.3. The second kappa shape index (κ2) is 6.45. The zero-order chi connectivity index (χ0) is 9.40. The van der Waals surface area contributed by atoms with Crippen molar-refractivity contribution in [1.29, 1.82) is 0 Å². The van der Waals surface area contributed by atoms with Crippen LogP contribution < -0.4 is 10.6 Å². The molecule has 0 heterocycles. The Labute approximate surface area is 71.5 Å². The first-order valence-electron chi connectivity index (χ1n) is 3.79. The number of methoxy groups -OCH3 is 1. The van der Waals surface area contributed by atoms with Crippen LogP contribution in [-0.2, 0) is 9.53 Å². The number of ether oxygens (including phenoxy) is 1. The van der Waals surface area contributed by atoms with Crippen LogP contribution >= 0.6 is 0 Å². The highest BCUT2D eigenvalue weighted by molar-refractivity contribution is 5.81. The Kier molecular flexibility index (Phi) is 5.77. The molecule has 0 bridgehead atoms. The van der Waals surface area contributed by atoms with Gasteiger partial charge in [0.05, 0.1) is 13.7 Å². The van der Waals surface area contributed by atoms with Crippen LogP contribution in [0.3, 0.4) is 0 Å². The van der Waals surface area contributed by atoms with E-state index in [1.54, 1.807) is 0 Å². The average Bonchev–Trinajstić information content (AvgIpc) is 2.10. The molecular formula is C7H14N2O3. The molecule has 5 heteroatoms. The highest BCUT2D eigenvalue weighted by Crippen LogP contribution is 1.73. The first kappa shape index (κ1) is 10.7. The zero-order valence-corrected chi connectivity index (χ0v) is 7.35. The van der Waals surface area contributed by atoms with Crippen molar-refractivity contribution in [2.24, 2.45) is 0 Å². The third-order valence-corrected chi connectivity index (χ3v) is 1.15. The molecule has 0 rings (SSSR count). The minimum atomic E-state index is -0.596. The lowest BCUT2D eigenvalue weighted by Gasteiger charge is -2.03. The van der Waals surface area contributed by atoms with Gasteiger partial charge in [-0.2, -0.15) is 0 Å². The summed E-state index contributed by atoms with van der Waals surface area (Å²) in [5.74, 6) is -0.206. The van der Waals surface area contributed by atoms with Crippen LogP contribution in [-0.4, -0.2) is 32.2 Å². The van der Waals surface area contributed by atoms with Crippen LogP contribution in [0, 0.1) is 0 Å². The smallest absolute Gasteiger partial charge is 0.407 e. The van der Waals surface area contributed by atoms with E-state index >= 15 is 0 Å². The summed E-state index contributed by atoms with van der Waals surface area (Å²) >= 11 is 0. The van der Waals surface area contributed by atoms with Gasteiger partial charge in [-0.1, -0.05) is 6.92 Å². The first-order valence-corrected chi connectivity index (χ1v) is 3.79. The Morgan fingerprint density at radius 3 is 2.50 bits per heavy atom. The average molecular weight is 174 g/mol. The van der Waals surface area contributed by atoms with Gasteiger partial charge in [-0.05, 0) is 6.42 Å². The molecule has 0 saturated heterocycles. The molecule has 70 valence electrons. The normalized spacial score (nSPS) is 8.83. The SMILES string of the molecule is CCCNC(=O)CNC(=O)OC. The van der Waals surface area contributed by atoms with Gasteiger partial charge in [0.15, 0.2) is 0 Å². The van der Waals surface area contributed by atoms with Crippen LogP contribution in [0.25, 0.3) is 0 Å². The van der Waals surface area contributed by atoms with Crippen molar-refractivity contribution in [3.63, 3.8) is 0 Å². The number of hydrogen-bond acceptors (Lipinski definition) is 3. The van der Waals surface area contributed by atoms with Gasteiger partial charge >= 0.3 is 6.09 Å². The van der Waals surface area contributed by atoms with E-state index in [0.717, 1.165) is 6.42 Å². The molecule has 2 N–H and O–H groups in total. The molecule has 12 heavy (non-hydrogen) atoms. The number of amides is 2. The van der Waals surface area contributed by atoms with E-state index in [9.17, 15) is 9.59 Å². The lowest BCUT2D eigenvalue weighted by Crippen LogP contribution is -2.37. The van der Waals surface area contributed by atoms with Gasteiger partial charge in [0, 0.05) is 6.54 Å². The van der Waals surface area contributed by atoms with Crippen molar-refractivity contribution in [3.05, 3.63) is 0 Å². The largest absolute Gasteiger partial charge is 0.453 e. The predicted molar refractivity (Wildman–Crippen MR) is 43.7 cm³/mol. The van der Waals surface area contributed by atoms with Crippen molar-refractivity contribution < 1.29 is 14.3 Å². The maximum Gasteiger partial charge on any atom is 0.407 e. The van der Waals surface area contributed by atoms with E-state index in [2.05, 4.69) is 15.4 Å². The second-order valence-electron chi connectivity index (χ2n) is 2.20. The Balaban J connectivity index is 3.37. The summed E-state index contributed by atoms with van der Waals surface area (Å²) in [6.45, 7) is 2.54. The third kappa shape index (κ3) is 5.52. The topological polar surface area (TPSA) is 67.4 Å². The molecule has 0 aromatic heterocycles. The number of carbonyl (C=O) groups is 2. The Morgan fingerprint density at radius 2 is 2.00 bits per heavy atom. The van der Waals surface area contributed by atoms with Crippen molar-refractivity contribution in [2.75, 3.05) is 20.2 Å². The number of carbonyl (C=O) groups excluding carboxylic acids is 2. The van der Waals surface area contributed by atoms with Crippen LogP contribution in [0.2, 0.25) is 0 Å². The van der Waals surface area contributed by atoms with Crippen LogP contribution in [0.1, 0.15) is 13.3 Å². The fourth-order valence-electron chi connectivity index (χ4n) is 0.552. The molecule has 0 aliphatic carbocycles. The number of alkyl carbamates (subject to hydrolysis) is 1. The number of nitrogens with one attached hydrogen (secondary N) is 2. The summed E-state index contributed by atoms with van der Waals surface area (Å²) in [5.41, 5.74) is 0. The molecule has 0 atom stereocenters. The van der Waals surface area contributed by atoms with Gasteiger partial charge in [-0.3, -0.25) is 4.79 Å². The quantitative estimate of drug-likeness (QED) is 0.623. The Bertz CT molecular complexity index is 159. The standard InChI is InChI=1S/C7H14N2O3/c1-3-4-8-6(10)5-9-7(11)12-2/h3-5H2,1-2H3,(H,8,10)(H,9,11). The van der Waals surface area contributed by atoms with E-state index in [1.807, 2.05) is 6.92 Å². The fourth-order valence-corrected chi connectivity index (χ4v) is 0.552. The lowest BCUT2D eigenvalue weighted by atomic mass is 10.4. The Hall–Kier alpha value is -1.26. The van der Waals surface area contributed by atoms with E-state index < -0.39 is 6.09 Å². The molecular weight excluding hydrogens is 160 g/mol. The van der Waals surface area contributed by atoms with Crippen LogP contribution in [0.15, 0.2) is 0 Å². The van der Waals surface area contributed by atoms with Gasteiger partial charge < -0.3 is 15.4 Å². The zero-order valence-electron chi connectivity index (χ0n) is 7.35. The van der Waals surface area contributed by atoms with Gasteiger partial charge in [-0.25, -0.2) is 4.79 Å². The Morgan fingerprint density at radius 1 is 1.33 bits per heavy atom. The molecule has 0 saturated carbocycles. The number of rotatable bonds is 4. The summed E-state index contributed by atoms with van der Waals surface area (Å²) in [5, 5.41) is 4.87. The highest BCUT2D eigenvalue weighted by atomic mass is 16.5. The molecule has 0 aromatic rings. The fraction of sp³-hybridized carbons (Fsp3) is 0.714. The van der Waals surface area contributed by atoms with Gasteiger partial charge in [-0.15, -0.1) is 0 Å². The summed E-state index contributed by atoms with van der Waals surface area (Å²) in [6, 6.07) is 0.